The molecular weight excluding hydrogens is 215 g/mol. The van der Waals surface area contributed by atoms with Crippen LogP contribution in [-0.4, -0.2) is 7.05 Å². The lowest BCUT2D eigenvalue weighted by Crippen LogP contribution is -2.16. The lowest BCUT2D eigenvalue weighted by molar-refractivity contribution is 0.584. The van der Waals surface area contributed by atoms with E-state index in [4.69, 9.17) is 16.9 Å². The molecule has 15 heavy (non-hydrogen) atoms. The molecule has 1 unspecified atom stereocenters. The van der Waals surface area contributed by atoms with Crippen LogP contribution in [-0.2, 0) is 0 Å². The first-order valence-electron chi connectivity index (χ1n) is 4.60. The first-order valence-corrected chi connectivity index (χ1v) is 4.97. The van der Waals surface area contributed by atoms with E-state index in [0.717, 1.165) is 0 Å². The number of aryl methyl sites for hydroxylation is 1. The summed E-state index contributed by atoms with van der Waals surface area (Å²) in [5.41, 5.74) is 1.14. The summed E-state index contributed by atoms with van der Waals surface area (Å²) in [7, 11) is 1.72. The number of hydrogen-bond donors (Lipinski definition) is 1. The topological polar surface area (TPSA) is 35.8 Å². The quantitative estimate of drug-likeness (QED) is 0.860. The van der Waals surface area contributed by atoms with Gasteiger partial charge >= 0.3 is 0 Å². The molecule has 0 heterocycles. The van der Waals surface area contributed by atoms with E-state index in [1.54, 1.807) is 20.0 Å². The third-order valence-corrected chi connectivity index (χ3v) is 2.62. The maximum atomic E-state index is 13.3. The first-order chi connectivity index (χ1) is 7.10. The van der Waals surface area contributed by atoms with Crippen molar-refractivity contribution in [3.05, 3.63) is 34.1 Å². The molecule has 2 nitrogen and oxygen atoms in total. The summed E-state index contributed by atoms with van der Waals surface area (Å²) >= 11 is 5.99. The van der Waals surface area contributed by atoms with E-state index < -0.39 is 0 Å². The molecule has 0 aliphatic carbocycles. The second kappa shape index (κ2) is 5.11. The zero-order chi connectivity index (χ0) is 11.4. The average Bonchev–Trinajstić information content (AvgIpc) is 2.20. The van der Waals surface area contributed by atoms with Gasteiger partial charge in [-0.3, -0.25) is 0 Å². The van der Waals surface area contributed by atoms with Crippen molar-refractivity contribution < 1.29 is 4.39 Å². The zero-order valence-electron chi connectivity index (χ0n) is 8.64. The van der Waals surface area contributed by atoms with Gasteiger partial charge in [0, 0.05) is 11.1 Å². The fourth-order valence-corrected chi connectivity index (χ4v) is 1.74. The van der Waals surface area contributed by atoms with Gasteiger partial charge in [-0.2, -0.15) is 5.26 Å². The van der Waals surface area contributed by atoms with Crippen LogP contribution in [0.5, 0.6) is 0 Å². The fourth-order valence-electron chi connectivity index (χ4n) is 1.39. The van der Waals surface area contributed by atoms with Gasteiger partial charge in [0.05, 0.1) is 12.5 Å². The van der Waals surface area contributed by atoms with Crippen molar-refractivity contribution in [2.24, 2.45) is 0 Å². The van der Waals surface area contributed by atoms with Gasteiger partial charge < -0.3 is 5.32 Å². The van der Waals surface area contributed by atoms with Crippen molar-refractivity contribution in [2.45, 2.75) is 19.4 Å². The zero-order valence-corrected chi connectivity index (χ0v) is 9.40. The Bertz CT molecular complexity index is 398. The van der Waals surface area contributed by atoms with E-state index in [-0.39, 0.29) is 18.3 Å². The first kappa shape index (κ1) is 12.0. The number of hydrogen-bond acceptors (Lipinski definition) is 2. The molecule has 1 aromatic carbocycles. The molecule has 0 amide bonds. The normalized spacial score (nSPS) is 12.2. The van der Waals surface area contributed by atoms with Crippen LogP contribution in [0.15, 0.2) is 12.1 Å². The van der Waals surface area contributed by atoms with Gasteiger partial charge in [-0.25, -0.2) is 4.39 Å². The molecule has 0 spiro atoms. The molecule has 80 valence electrons. The maximum absolute atomic E-state index is 13.3. The van der Waals surface area contributed by atoms with Crippen LogP contribution < -0.4 is 5.32 Å². The third-order valence-electron chi connectivity index (χ3n) is 2.30. The van der Waals surface area contributed by atoms with Gasteiger partial charge in [0.25, 0.3) is 0 Å². The Morgan fingerprint density at radius 2 is 2.27 bits per heavy atom. The van der Waals surface area contributed by atoms with Crippen LogP contribution in [0, 0.1) is 24.1 Å². The number of nitriles is 1. The van der Waals surface area contributed by atoms with Crippen LogP contribution in [0.4, 0.5) is 4.39 Å². The summed E-state index contributed by atoms with van der Waals surface area (Å²) in [5, 5.41) is 12.0. The Labute approximate surface area is 93.7 Å². The van der Waals surface area contributed by atoms with Crippen molar-refractivity contribution in [3.8, 4) is 6.07 Å². The molecule has 0 fully saturated rings. The van der Waals surface area contributed by atoms with Gasteiger partial charge in [-0.05, 0) is 37.2 Å². The summed E-state index contributed by atoms with van der Waals surface area (Å²) in [4.78, 5) is 0. The van der Waals surface area contributed by atoms with E-state index in [2.05, 4.69) is 5.32 Å². The standard InChI is InChI=1S/C11H12ClFN2/c1-7-5-9(12)8(6-10(7)13)11(15-2)3-4-14/h5-6,11,15H,3H2,1-2H3. The number of rotatable bonds is 3. The Morgan fingerprint density at radius 1 is 1.60 bits per heavy atom. The van der Waals surface area contributed by atoms with E-state index in [9.17, 15) is 4.39 Å². The molecule has 0 aromatic heterocycles. The highest BCUT2D eigenvalue weighted by Crippen LogP contribution is 2.27. The Kier molecular flexibility index (Phi) is 4.07. The summed E-state index contributed by atoms with van der Waals surface area (Å²) in [5.74, 6) is -0.299. The highest BCUT2D eigenvalue weighted by molar-refractivity contribution is 6.31. The number of nitrogens with one attached hydrogen (secondary N) is 1. The molecule has 0 aliphatic heterocycles. The van der Waals surface area contributed by atoms with Gasteiger partial charge in [0.1, 0.15) is 5.82 Å². The van der Waals surface area contributed by atoms with Crippen molar-refractivity contribution in [1.82, 2.24) is 5.32 Å². The molecule has 1 atom stereocenters. The summed E-state index contributed by atoms with van der Waals surface area (Å²) in [6.07, 6.45) is 0.263. The van der Waals surface area contributed by atoms with Crippen LogP contribution in [0.2, 0.25) is 5.02 Å². The predicted molar refractivity (Wildman–Crippen MR) is 58.2 cm³/mol. The number of benzene rings is 1. The molecule has 1 N–H and O–H groups in total. The lowest BCUT2D eigenvalue weighted by Gasteiger charge is -2.15. The molecule has 0 saturated heterocycles. The minimum atomic E-state index is -0.299. The van der Waals surface area contributed by atoms with Crippen molar-refractivity contribution in [1.29, 1.82) is 5.26 Å². The van der Waals surface area contributed by atoms with E-state index in [0.29, 0.717) is 16.1 Å². The fraction of sp³-hybridized carbons (Fsp3) is 0.364. The molecule has 1 aromatic rings. The summed E-state index contributed by atoms with van der Waals surface area (Å²) in [6, 6.07) is 4.77. The highest BCUT2D eigenvalue weighted by Gasteiger charge is 2.14. The number of nitrogens with zero attached hydrogens (tertiary/aromatic N) is 1. The Balaban J connectivity index is 3.13. The molecule has 0 bridgehead atoms. The van der Waals surface area contributed by atoms with Crippen LogP contribution in [0.1, 0.15) is 23.6 Å². The van der Waals surface area contributed by atoms with Gasteiger partial charge in [-0.1, -0.05) is 11.6 Å². The van der Waals surface area contributed by atoms with Crippen molar-refractivity contribution >= 4 is 11.6 Å². The summed E-state index contributed by atoms with van der Waals surface area (Å²) in [6.45, 7) is 1.66. The van der Waals surface area contributed by atoms with Crippen molar-refractivity contribution in [3.63, 3.8) is 0 Å². The molecule has 0 aliphatic rings. The smallest absolute Gasteiger partial charge is 0.126 e. The van der Waals surface area contributed by atoms with Crippen LogP contribution >= 0.6 is 11.6 Å². The van der Waals surface area contributed by atoms with Crippen LogP contribution in [0.3, 0.4) is 0 Å². The molecule has 0 saturated carbocycles. The lowest BCUT2D eigenvalue weighted by atomic mass is 10.0. The maximum Gasteiger partial charge on any atom is 0.126 e. The van der Waals surface area contributed by atoms with Gasteiger partial charge in [-0.15, -0.1) is 0 Å². The largest absolute Gasteiger partial charge is 0.312 e. The van der Waals surface area contributed by atoms with Crippen molar-refractivity contribution in [2.75, 3.05) is 7.05 Å². The van der Waals surface area contributed by atoms with E-state index in [1.165, 1.54) is 6.07 Å². The summed E-state index contributed by atoms with van der Waals surface area (Å²) < 4.78 is 13.3. The van der Waals surface area contributed by atoms with E-state index >= 15 is 0 Å². The van der Waals surface area contributed by atoms with Crippen LogP contribution in [0.25, 0.3) is 0 Å². The molecule has 0 radical (unpaired) electrons. The molecule has 1 rings (SSSR count). The number of halogens is 2. The minimum absolute atomic E-state index is 0.224. The molecular formula is C11H12ClFN2. The van der Waals surface area contributed by atoms with E-state index in [1.807, 2.05) is 6.07 Å². The average molecular weight is 227 g/mol. The SMILES string of the molecule is CNC(CC#N)c1cc(F)c(C)cc1Cl. The minimum Gasteiger partial charge on any atom is -0.312 e. The van der Waals surface area contributed by atoms with Gasteiger partial charge in [0.2, 0.25) is 0 Å². The monoisotopic (exact) mass is 226 g/mol. The third kappa shape index (κ3) is 2.68. The second-order valence-corrected chi connectivity index (χ2v) is 3.73. The Hall–Kier alpha value is -1.11. The van der Waals surface area contributed by atoms with Gasteiger partial charge in [0.15, 0.2) is 0 Å². The second-order valence-electron chi connectivity index (χ2n) is 3.33. The highest BCUT2D eigenvalue weighted by atomic mass is 35.5. The molecule has 4 heteroatoms. The predicted octanol–water partition coefficient (Wildman–Crippen LogP) is 2.96. The Morgan fingerprint density at radius 3 is 2.80 bits per heavy atom.